The summed E-state index contributed by atoms with van der Waals surface area (Å²) in [5, 5.41) is 3.77. The summed E-state index contributed by atoms with van der Waals surface area (Å²) < 4.78 is 25.6. The van der Waals surface area contributed by atoms with E-state index in [2.05, 4.69) is 11.2 Å². The first kappa shape index (κ1) is 12.9. The Morgan fingerprint density at radius 3 is 2.62 bits per heavy atom. The summed E-state index contributed by atoms with van der Waals surface area (Å²) in [4.78, 5) is 0. The molecule has 0 unspecified atom stereocenters. The van der Waals surface area contributed by atoms with Crippen LogP contribution in [-0.2, 0) is 0 Å². The lowest BCUT2D eigenvalue weighted by molar-refractivity contribution is 0.152. The van der Waals surface area contributed by atoms with Crippen LogP contribution >= 0.6 is 7.92 Å². The number of terminal acetylenes is 1. The zero-order valence-electron chi connectivity index (χ0n) is 9.30. The van der Waals surface area contributed by atoms with Gasteiger partial charge >= 0.3 is 0 Å². The topological polar surface area (TPSA) is 12.0 Å². The summed E-state index contributed by atoms with van der Waals surface area (Å²) in [7, 11) is -0.363. The van der Waals surface area contributed by atoms with E-state index >= 15 is 0 Å². The van der Waals surface area contributed by atoms with Crippen molar-refractivity contribution in [1.82, 2.24) is 0 Å². The number of nitrogens with one attached hydrogen (secondary N) is 1. The SMILES string of the molecule is C#CCNc1ccc(P(C)C)cc1C(F)F. The number of benzene rings is 1. The van der Waals surface area contributed by atoms with Gasteiger partial charge in [0.05, 0.1) is 6.54 Å². The van der Waals surface area contributed by atoms with Gasteiger partial charge in [-0.15, -0.1) is 6.42 Å². The van der Waals surface area contributed by atoms with Gasteiger partial charge in [0, 0.05) is 11.3 Å². The Morgan fingerprint density at radius 1 is 1.44 bits per heavy atom. The predicted octanol–water partition coefficient (Wildman–Crippen LogP) is 3.04. The molecule has 0 saturated carbocycles. The van der Waals surface area contributed by atoms with E-state index in [1.165, 1.54) is 0 Å². The van der Waals surface area contributed by atoms with E-state index in [9.17, 15) is 8.78 Å². The highest BCUT2D eigenvalue weighted by atomic mass is 31.1. The van der Waals surface area contributed by atoms with Crippen molar-refractivity contribution in [2.24, 2.45) is 0 Å². The third-order valence-corrected chi connectivity index (χ3v) is 3.48. The Balaban J connectivity index is 3.05. The van der Waals surface area contributed by atoms with Crippen LogP contribution in [0.25, 0.3) is 0 Å². The molecular weight excluding hydrogens is 227 g/mol. The van der Waals surface area contributed by atoms with Gasteiger partial charge in [-0.2, -0.15) is 0 Å². The lowest BCUT2D eigenvalue weighted by atomic mass is 10.2. The van der Waals surface area contributed by atoms with Gasteiger partial charge in [0.15, 0.2) is 0 Å². The molecule has 86 valence electrons. The quantitative estimate of drug-likeness (QED) is 0.631. The largest absolute Gasteiger partial charge is 0.374 e. The highest BCUT2D eigenvalue weighted by Crippen LogP contribution is 2.31. The van der Waals surface area contributed by atoms with E-state index in [1.54, 1.807) is 12.1 Å². The maximum Gasteiger partial charge on any atom is 0.265 e. The Morgan fingerprint density at radius 2 is 2.12 bits per heavy atom. The van der Waals surface area contributed by atoms with E-state index < -0.39 is 6.43 Å². The van der Waals surface area contributed by atoms with Crippen LogP contribution in [0.5, 0.6) is 0 Å². The number of anilines is 1. The molecule has 0 aliphatic rings. The van der Waals surface area contributed by atoms with Gasteiger partial charge in [0.25, 0.3) is 6.43 Å². The molecule has 1 aromatic carbocycles. The molecule has 1 N–H and O–H groups in total. The van der Waals surface area contributed by atoms with E-state index in [0.717, 1.165) is 5.30 Å². The van der Waals surface area contributed by atoms with Crippen LogP contribution < -0.4 is 10.6 Å². The molecule has 0 radical (unpaired) electrons. The standard InChI is InChI=1S/C12H14F2NP/c1-4-7-15-11-6-5-9(16(2)3)8-10(11)12(13)14/h1,5-6,8,12,15H,7H2,2-3H3. The number of hydrogen-bond donors (Lipinski definition) is 1. The number of hydrogen-bond acceptors (Lipinski definition) is 1. The molecule has 0 saturated heterocycles. The normalized spacial score (nSPS) is 10.6. The first-order valence-corrected chi connectivity index (χ1v) is 7.06. The summed E-state index contributed by atoms with van der Waals surface area (Å²) in [5.74, 6) is 2.37. The van der Waals surface area contributed by atoms with Crippen LogP contribution in [0.1, 0.15) is 12.0 Å². The smallest absolute Gasteiger partial charge is 0.265 e. The van der Waals surface area contributed by atoms with Gasteiger partial charge in [-0.25, -0.2) is 8.78 Å². The lowest BCUT2D eigenvalue weighted by Crippen LogP contribution is -2.07. The Labute approximate surface area is 96.0 Å². The molecule has 4 heteroatoms. The molecule has 0 bridgehead atoms. The predicted molar refractivity (Wildman–Crippen MR) is 67.1 cm³/mol. The maximum atomic E-state index is 12.8. The minimum absolute atomic E-state index is 0.0314. The lowest BCUT2D eigenvalue weighted by Gasteiger charge is -2.13. The van der Waals surface area contributed by atoms with Crippen molar-refractivity contribution < 1.29 is 8.78 Å². The van der Waals surface area contributed by atoms with E-state index in [-0.39, 0.29) is 20.0 Å². The van der Waals surface area contributed by atoms with Gasteiger partial charge in [-0.3, -0.25) is 0 Å². The van der Waals surface area contributed by atoms with Crippen LogP contribution in [-0.4, -0.2) is 19.9 Å². The number of halogens is 2. The average Bonchev–Trinajstić information content (AvgIpc) is 2.25. The fraction of sp³-hybridized carbons (Fsp3) is 0.333. The van der Waals surface area contributed by atoms with Crippen LogP contribution in [0.2, 0.25) is 0 Å². The minimum atomic E-state index is -2.48. The molecule has 0 spiro atoms. The van der Waals surface area contributed by atoms with E-state index in [0.29, 0.717) is 5.69 Å². The third kappa shape index (κ3) is 3.18. The van der Waals surface area contributed by atoms with Gasteiger partial charge in [0.1, 0.15) is 0 Å². The molecule has 0 atom stereocenters. The highest BCUT2D eigenvalue weighted by molar-refractivity contribution is 7.64. The molecule has 1 aromatic rings. The fourth-order valence-electron chi connectivity index (χ4n) is 1.32. The first-order chi connectivity index (χ1) is 7.56. The second-order valence-electron chi connectivity index (χ2n) is 3.52. The summed E-state index contributed by atoms with van der Waals surface area (Å²) in [5.41, 5.74) is 0.456. The second-order valence-corrected chi connectivity index (χ2v) is 5.83. The van der Waals surface area contributed by atoms with E-state index in [1.807, 2.05) is 19.4 Å². The second kappa shape index (κ2) is 5.82. The summed E-state index contributed by atoms with van der Waals surface area (Å²) in [6.07, 6.45) is 2.61. The minimum Gasteiger partial charge on any atom is -0.374 e. The Hall–Kier alpha value is -1.13. The molecule has 1 rings (SSSR count). The van der Waals surface area contributed by atoms with Crippen LogP contribution in [0.15, 0.2) is 18.2 Å². The number of rotatable bonds is 4. The van der Waals surface area contributed by atoms with Crippen LogP contribution in [0.3, 0.4) is 0 Å². The fourth-order valence-corrected chi connectivity index (χ4v) is 2.09. The third-order valence-electron chi connectivity index (χ3n) is 2.17. The van der Waals surface area contributed by atoms with Gasteiger partial charge < -0.3 is 5.32 Å². The monoisotopic (exact) mass is 241 g/mol. The van der Waals surface area contributed by atoms with Crippen molar-refractivity contribution in [3.05, 3.63) is 23.8 Å². The first-order valence-electron chi connectivity index (χ1n) is 4.83. The molecule has 0 fully saturated rings. The van der Waals surface area contributed by atoms with Crippen molar-refractivity contribution in [2.75, 3.05) is 25.2 Å². The number of alkyl halides is 2. The molecule has 0 heterocycles. The molecule has 1 nitrogen and oxygen atoms in total. The molecule has 0 aromatic heterocycles. The zero-order chi connectivity index (χ0) is 12.1. The van der Waals surface area contributed by atoms with Crippen molar-refractivity contribution in [3.63, 3.8) is 0 Å². The molecule has 0 aliphatic carbocycles. The molecule has 0 aliphatic heterocycles. The van der Waals surface area contributed by atoms with Crippen molar-refractivity contribution in [2.45, 2.75) is 6.43 Å². The summed E-state index contributed by atoms with van der Waals surface area (Å²) >= 11 is 0. The zero-order valence-corrected chi connectivity index (χ0v) is 10.2. The average molecular weight is 241 g/mol. The van der Waals surface area contributed by atoms with Gasteiger partial charge in [-0.1, -0.05) is 19.9 Å². The summed E-state index contributed by atoms with van der Waals surface area (Å²) in [6, 6.07) is 5.11. The van der Waals surface area contributed by atoms with Crippen LogP contribution in [0, 0.1) is 12.3 Å². The van der Waals surface area contributed by atoms with Gasteiger partial charge in [0.2, 0.25) is 0 Å². The van der Waals surface area contributed by atoms with Crippen molar-refractivity contribution >= 4 is 18.9 Å². The molecule has 16 heavy (non-hydrogen) atoms. The Bertz CT molecular complexity index is 396. The maximum absolute atomic E-state index is 12.8. The van der Waals surface area contributed by atoms with Gasteiger partial charge in [-0.05, 0) is 30.8 Å². The molecule has 0 amide bonds. The van der Waals surface area contributed by atoms with Crippen molar-refractivity contribution in [1.29, 1.82) is 0 Å². The molecular formula is C12H14F2NP. The highest BCUT2D eigenvalue weighted by Gasteiger charge is 2.14. The van der Waals surface area contributed by atoms with Crippen LogP contribution in [0.4, 0.5) is 14.5 Å². The van der Waals surface area contributed by atoms with E-state index in [4.69, 9.17) is 6.42 Å². The summed E-state index contributed by atoms with van der Waals surface area (Å²) in [6.45, 7) is 4.33. The van der Waals surface area contributed by atoms with Crippen molar-refractivity contribution in [3.8, 4) is 12.3 Å². The Kier molecular flexibility index (Phi) is 4.71.